The minimum Gasteiger partial charge on any atom is -0.478 e. The van der Waals surface area contributed by atoms with E-state index in [1.54, 1.807) is 12.1 Å². The second-order valence-corrected chi connectivity index (χ2v) is 6.80. The van der Waals surface area contributed by atoms with Gasteiger partial charge in [0.05, 0.1) is 6.08 Å². The second-order valence-electron chi connectivity index (χ2n) is 6.80. The number of piperidine rings is 1. The van der Waals surface area contributed by atoms with Crippen molar-refractivity contribution >= 4 is 28.9 Å². The van der Waals surface area contributed by atoms with Crippen LogP contribution in [0.4, 0.5) is 0 Å². The van der Waals surface area contributed by atoms with E-state index in [2.05, 4.69) is 15.2 Å². The molecule has 1 amide bonds. The molecule has 1 aromatic carbocycles. The van der Waals surface area contributed by atoms with Crippen LogP contribution in [0.5, 0.6) is 0 Å². The molecule has 2 unspecified atom stereocenters. The molecule has 2 aromatic rings. The van der Waals surface area contributed by atoms with Gasteiger partial charge in [0, 0.05) is 24.6 Å². The van der Waals surface area contributed by atoms with Gasteiger partial charge >= 0.3 is 11.9 Å². The zero-order valence-corrected chi connectivity index (χ0v) is 14.2. The Morgan fingerprint density at radius 1 is 1.26 bits per heavy atom. The highest BCUT2D eigenvalue weighted by molar-refractivity contribution is 6.05. The number of carbonyl (C=O) groups excluding carboxylic acids is 1. The Labute approximate surface area is 153 Å². The van der Waals surface area contributed by atoms with Gasteiger partial charge in [0.15, 0.2) is 12.0 Å². The van der Waals surface area contributed by atoms with Crippen molar-refractivity contribution in [3.8, 4) is 0 Å². The molecular weight excluding hydrogens is 354 g/mol. The van der Waals surface area contributed by atoms with Gasteiger partial charge in [-0.2, -0.15) is 0 Å². The van der Waals surface area contributed by atoms with E-state index in [9.17, 15) is 14.4 Å². The summed E-state index contributed by atoms with van der Waals surface area (Å²) in [4.78, 5) is 41.4. The standard InChI is InChI=1S/C18H17N3O6/c22-14(23)5-12(18(25)26)20-17(24)10-1-2-13-16(19-8-27-13)15(10)11-7-21-4-3-9(11)6-21/h1-2,5,8-9,11H,3-4,6-7H2,(H,20,24)(H,22,23)(H,25,26)/b12-5+/t9-,11?/m1/s1. The Morgan fingerprint density at radius 3 is 2.70 bits per heavy atom. The molecule has 3 heterocycles. The van der Waals surface area contributed by atoms with Crippen LogP contribution >= 0.6 is 0 Å². The summed E-state index contributed by atoms with van der Waals surface area (Å²) in [5.41, 5.74) is 1.45. The van der Waals surface area contributed by atoms with Crippen molar-refractivity contribution in [1.82, 2.24) is 15.2 Å². The van der Waals surface area contributed by atoms with Crippen molar-refractivity contribution in [2.75, 3.05) is 19.6 Å². The van der Waals surface area contributed by atoms with E-state index in [4.69, 9.17) is 14.6 Å². The quantitative estimate of drug-likeness (QED) is 0.664. The Kier molecular flexibility index (Phi) is 4.15. The number of carbonyl (C=O) groups is 3. The van der Waals surface area contributed by atoms with E-state index >= 15 is 0 Å². The molecule has 2 saturated heterocycles. The van der Waals surface area contributed by atoms with Gasteiger partial charge in [-0.15, -0.1) is 0 Å². The number of nitrogens with one attached hydrogen (secondary N) is 1. The first-order valence-electron chi connectivity index (χ1n) is 8.51. The van der Waals surface area contributed by atoms with Crippen molar-refractivity contribution < 1.29 is 29.0 Å². The predicted molar refractivity (Wildman–Crippen MR) is 92.1 cm³/mol. The molecule has 2 aliphatic heterocycles. The molecule has 140 valence electrons. The lowest BCUT2D eigenvalue weighted by molar-refractivity contribution is -0.135. The number of amides is 1. The zero-order valence-electron chi connectivity index (χ0n) is 14.2. The topological polar surface area (TPSA) is 133 Å². The Balaban J connectivity index is 1.75. The minimum atomic E-state index is -1.53. The summed E-state index contributed by atoms with van der Waals surface area (Å²) in [6, 6.07) is 3.18. The molecule has 2 fully saturated rings. The number of hydrogen-bond acceptors (Lipinski definition) is 6. The predicted octanol–water partition coefficient (Wildman–Crippen LogP) is 1.03. The summed E-state index contributed by atoms with van der Waals surface area (Å²) in [6.07, 6.45) is 2.80. The molecular formula is C18H17N3O6. The van der Waals surface area contributed by atoms with Crippen molar-refractivity contribution in [1.29, 1.82) is 0 Å². The molecule has 9 nitrogen and oxygen atoms in total. The first-order valence-corrected chi connectivity index (χ1v) is 8.51. The third-order valence-electron chi connectivity index (χ3n) is 5.24. The van der Waals surface area contributed by atoms with Crippen LogP contribution in [0.25, 0.3) is 11.1 Å². The smallest absolute Gasteiger partial charge is 0.352 e. The lowest BCUT2D eigenvalue weighted by atomic mass is 9.83. The van der Waals surface area contributed by atoms with Crippen LogP contribution in [0.3, 0.4) is 0 Å². The van der Waals surface area contributed by atoms with E-state index in [0.29, 0.717) is 23.1 Å². The number of carboxylic acids is 2. The molecule has 4 rings (SSSR count). The molecule has 3 atom stereocenters. The van der Waals surface area contributed by atoms with Gasteiger partial charge in [0.25, 0.3) is 5.91 Å². The Bertz CT molecular complexity index is 979. The third kappa shape index (κ3) is 3.06. The van der Waals surface area contributed by atoms with Gasteiger partial charge in [-0.3, -0.25) is 4.79 Å². The second kappa shape index (κ2) is 6.51. The maximum atomic E-state index is 12.8. The molecule has 27 heavy (non-hydrogen) atoms. The lowest BCUT2D eigenvalue weighted by Gasteiger charge is -2.24. The highest BCUT2D eigenvalue weighted by atomic mass is 16.4. The molecule has 0 aliphatic carbocycles. The van der Waals surface area contributed by atoms with Crippen LogP contribution in [-0.4, -0.2) is 57.6 Å². The fourth-order valence-corrected chi connectivity index (χ4v) is 4.10. The monoisotopic (exact) mass is 371 g/mol. The average Bonchev–Trinajstić information content (AvgIpc) is 3.35. The van der Waals surface area contributed by atoms with Gasteiger partial charge < -0.3 is 24.8 Å². The van der Waals surface area contributed by atoms with E-state index in [-0.39, 0.29) is 11.5 Å². The lowest BCUT2D eigenvalue weighted by Crippen LogP contribution is -2.30. The molecule has 1 aromatic heterocycles. The maximum Gasteiger partial charge on any atom is 0.352 e. The van der Waals surface area contributed by atoms with Gasteiger partial charge in [-0.05, 0) is 36.6 Å². The molecule has 0 radical (unpaired) electrons. The summed E-state index contributed by atoms with van der Waals surface area (Å²) >= 11 is 0. The zero-order chi connectivity index (χ0) is 19.1. The summed E-state index contributed by atoms with van der Waals surface area (Å²) in [7, 11) is 0. The number of aliphatic carboxylic acids is 2. The normalized spacial score (nSPS) is 24.3. The Morgan fingerprint density at radius 2 is 2.07 bits per heavy atom. The van der Waals surface area contributed by atoms with Gasteiger partial charge in [0.1, 0.15) is 11.2 Å². The summed E-state index contributed by atoms with van der Waals surface area (Å²) in [6.45, 7) is 2.79. The molecule has 3 N–H and O–H groups in total. The van der Waals surface area contributed by atoms with Crippen molar-refractivity contribution in [2.24, 2.45) is 5.92 Å². The fraction of sp³-hybridized carbons (Fsp3) is 0.333. The number of oxazole rings is 1. The average molecular weight is 371 g/mol. The SMILES string of the molecule is O=C(O)/C=C(/NC(=O)c1ccc2ocnc2c1C1CN2CC[C@@H]1C2)C(=O)O. The van der Waals surface area contributed by atoms with E-state index < -0.39 is 23.5 Å². The van der Waals surface area contributed by atoms with Crippen LogP contribution in [0.1, 0.15) is 28.3 Å². The van der Waals surface area contributed by atoms with Crippen LogP contribution in [0.2, 0.25) is 0 Å². The van der Waals surface area contributed by atoms with E-state index in [0.717, 1.165) is 31.6 Å². The third-order valence-corrected chi connectivity index (χ3v) is 5.24. The van der Waals surface area contributed by atoms with Crippen molar-refractivity contribution in [2.45, 2.75) is 12.3 Å². The van der Waals surface area contributed by atoms with Crippen LogP contribution in [0.15, 0.2) is 34.7 Å². The number of benzene rings is 1. The number of carboxylic acid groups (broad SMARTS) is 2. The van der Waals surface area contributed by atoms with E-state index in [1.165, 1.54) is 6.39 Å². The largest absolute Gasteiger partial charge is 0.478 e. The Hall–Kier alpha value is -3.20. The molecule has 2 aliphatic rings. The molecule has 0 saturated carbocycles. The van der Waals surface area contributed by atoms with Crippen LogP contribution < -0.4 is 5.32 Å². The summed E-state index contributed by atoms with van der Waals surface area (Å²) < 4.78 is 5.37. The molecule has 9 heteroatoms. The van der Waals surface area contributed by atoms with Gasteiger partial charge in [-0.25, -0.2) is 14.6 Å². The van der Waals surface area contributed by atoms with Crippen molar-refractivity contribution in [3.05, 3.63) is 41.4 Å². The van der Waals surface area contributed by atoms with E-state index in [1.807, 2.05) is 0 Å². The van der Waals surface area contributed by atoms with Gasteiger partial charge in [0.2, 0.25) is 0 Å². The van der Waals surface area contributed by atoms with Crippen LogP contribution in [0, 0.1) is 5.92 Å². The fourth-order valence-electron chi connectivity index (χ4n) is 4.10. The highest BCUT2D eigenvalue weighted by Gasteiger charge is 2.41. The first-order chi connectivity index (χ1) is 12.9. The maximum absolute atomic E-state index is 12.8. The number of fused-ring (bicyclic) bond motifs is 3. The number of hydrogen-bond donors (Lipinski definition) is 3. The first kappa shape index (κ1) is 17.2. The van der Waals surface area contributed by atoms with Crippen molar-refractivity contribution in [3.63, 3.8) is 0 Å². The molecule has 2 bridgehead atoms. The van der Waals surface area contributed by atoms with Gasteiger partial charge in [-0.1, -0.05) is 0 Å². The molecule has 0 spiro atoms. The highest BCUT2D eigenvalue weighted by Crippen LogP contribution is 2.43. The number of nitrogens with zero attached hydrogens (tertiary/aromatic N) is 2. The summed E-state index contributed by atoms with van der Waals surface area (Å²) in [5, 5.41) is 20.2. The van der Waals surface area contributed by atoms with Crippen LogP contribution in [-0.2, 0) is 9.59 Å². The number of aromatic nitrogens is 1. The number of rotatable bonds is 5. The summed E-state index contributed by atoms with van der Waals surface area (Å²) in [5.74, 6) is -3.18. The minimum absolute atomic E-state index is 0.0880.